The maximum absolute atomic E-state index is 14.6. The van der Waals surface area contributed by atoms with Gasteiger partial charge in [-0.05, 0) is 30.9 Å². The second kappa shape index (κ2) is 8.80. The van der Waals surface area contributed by atoms with Gasteiger partial charge in [0.25, 0.3) is 0 Å². The number of halogens is 1. The van der Waals surface area contributed by atoms with Crippen LogP contribution in [-0.2, 0) is 0 Å². The molecule has 0 radical (unpaired) electrons. The summed E-state index contributed by atoms with van der Waals surface area (Å²) in [7, 11) is 0. The monoisotopic (exact) mass is 368 g/mol. The highest BCUT2D eigenvalue weighted by Crippen LogP contribution is 2.26. The largest absolute Gasteiger partial charge is 0.338 e. The lowest BCUT2D eigenvalue weighted by molar-refractivity contribution is 0.0845. The average molecular weight is 368 g/mol. The molecule has 1 aliphatic heterocycles. The molecule has 1 unspecified atom stereocenters. The topological polar surface area (TPSA) is 49.4 Å². The van der Waals surface area contributed by atoms with Crippen LogP contribution in [0.15, 0.2) is 48.5 Å². The molecular weight excluding hydrogens is 343 g/mol. The van der Waals surface area contributed by atoms with Crippen molar-refractivity contribution in [2.45, 2.75) is 26.2 Å². The number of ketones is 1. The van der Waals surface area contributed by atoms with Crippen molar-refractivity contribution in [3.8, 4) is 11.1 Å². The molecule has 0 aromatic heterocycles. The van der Waals surface area contributed by atoms with Gasteiger partial charge in [0.2, 0.25) is 0 Å². The molecule has 2 amide bonds. The number of nitrogens with one attached hydrogen (secondary N) is 1. The Morgan fingerprint density at radius 1 is 1.19 bits per heavy atom. The average Bonchev–Trinajstić information content (AvgIpc) is 2.72. The van der Waals surface area contributed by atoms with Gasteiger partial charge < -0.3 is 10.2 Å². The molecule has 142 valence electrons. The number of Topliss-reactive ketones (excluding diaryl/α,β-unsaturated/α-hetero) is 1. The van der Waals surface area contributed by atoms with Crippen molar-refractivity contribution in [2.24, 2.45) is 5.92 Å². The Balaban J connectivity index is 1.72. The zero-order chi connectivity index (χ0) is 19.2. The third-order valence-electron chi connectivity index (χ3n) is 4.94. The number of piperidine rings is 1. The number of carbonyl (C=O) groups is 2. The Morgan fingerprint density at radius 3 is 2.67 bits per heavy atom. The zero-order valence-corrected chi connectivity index (χ0v) is 15.6. The van der Waals surface area contributed by atoms with E-state index in [1.807, 2.05) is 37.3 Å². The van der Waals surface area contributed by atoms with Crippen LogP contribution in [0, 0.1) is 11.7 Å². The predicted molar refractivity (Wildman–Crippen MR) is 104 cm³/mol. The first-order valence-corrected chi connectivity index (χ1v) is 9.52. The van der Waals surface area contributed by atoms with Crippen molar-refractivity contribution in [1.82, 2.24) is 10.2 Å². The number of benzene rings is 2. The molecule has 1 N–H and O–H groups in total. The minimum absolute atomic E-state index is 0.0958. The highest BCUT2D eigenvalue weighted by atomic mass is 19.1. The van der Waals surface area contributed by atoms with E-state index in [2.05, 4.69) is 5.32 Å². The van der Waals surface area contributed by atoms with E-state index in [1.165, 1.54) is 6.07 Å². The van der Waals surface area contributed by atoms with Crippen LogP contribution in [0.2, 0.25) is 0 Å². The molecule has 4 nitrogen and oxygen atoms in total. The Hall–Kier alpha value is -2.69. The molecule has 0 aliphatic carbocycles. The first-order chi connectivity index (χ1) is 13.1. The number of hydrogen-bond donors (Lipinski definition) is 1. The summed E-state index contributed by atoms with van der Waals surface area (Å²) in [6.07, 6.45) is 2.37. The minimum Gasteiger partial charge on any atom is -0.338 e. The molecule has 0 saturated carbocycles. The summed E-state index contributed by atoms with van der Waals surface area (Å²) < 4.78 is 14.6. The number of likely N-dealkylation sites (tertiary alicyclic amines) is 1. The number of nitrogens with zero attached hydrogens (tertiary/aromatic N) is 1. The molecule has 1 fully saturated rings. The van der Waals surface area contributed by atoms with Crippen molar-refractivity contribution >= 4 is 11.8 Å². The maximum Gasteiger partial charge on any atom is 0.317 e. The van der Waals surface area contributed by atoms with Crippen LogP contribution in [0.25, 0.3) is 11.1 Å². The molecule has 1 heterocycles. The van der Waals surface area contributed by atoms with Gasteiger partial charge >= 0.3 is 6.03 Å². The van der Waals surface area contributed by atoms with E-state index in [-0.39, 0.29) is 17.7 Å². The molecule has 0 spiro atoms. The van der Waals surface area contributed by atoms with Gasteiger partial charge in [-0.3, -0.25) is 4.79 Å². The molecule has 1 aliphatic rings. The first kappa shape index (κ1) is 19.1. The Bertz CT molecular complexity index is 807. The highest BCUT2D eigenvalue weighted by Gasteiger charge is 2.29. The first-order valence-electron chi connectivity index (χ1n) is 9.52. The van der Waals surface area contributed by atoms with Crippen LogP contribution in [0.1, 0.15) is 36.5 Å². The summed E-state index contributed by atoms with van der Waals surface area (Å²) >= 11 is 0. The third kappa shape index (κ3) is 4.54. The smallest absolute Gasteiger partial charge is 0.317 e. The number of rotatable bonds is 5. The Kier molecular flexibility index (Phi) is 6.22. The normalized spacial score (nSPS) is 16.8. The van der Waals surface area contributed by atoms with Crippen LogP contribution in [0.3, 0.4) is 0 Å². The van der Waals surface area contributed by atoms with Crippen molar-refractivity contribution < 1.29 is 14.0 Å². The van der Waals surface area contributed by atoms with Crippen LogP contribution in [0.4, 0.5) is 9.18 Å². The summed E-state index contributed by atoms with van der Waals surface area (Å²) in [6.45, 7) is 3.66. The third-order valence-corrected chi connectivity index (χ3v) is 4.94. The predicted octanol–water partition coefficient (Wildman–Crippen LogP) is 4.51. The fraction of sp³-hybridized carbons (Fsp3) is 0.364. The van der Waals surface area contributed by atoms with Crippen molar-refractivity contribution in [2.75, 3.05) is 19.6 Å². The lowest BCUT2D eigenvalue weighted by Crippen LogP contribution is -2.47. The van der Waals surface area contributed by atoms with Crippen LogP contribution in [0.5, 0.6) is 0 Å². The van der Waals surface area contributed by atoms with Gasteiger partial charge in [0.1, 0.15) is 5.82 Å². The molecule has 27 heavy (non-hydrogen) atoms. The molecular formula is C22H25FN2O2. The molecule has 2 aromatic rings. The van der Waals surface area contributed by atoms with Crippen molar-refractivity contribution in [3.63, 3.8) is 0 Å². The zero-order valence-electron chi connectivity index (χ0n) is 15.6. The second-order valence-corrected chi connectivity index (χ2v) is 6.94. The summed E-state index contributed by atoms with van der Waals surface area (Å²) in [6, 6.07) is 13.8. The Labute approximate surface area is 159 Å². The standard InChI is InChI=1S/C22H25FN2O2/c1-2-12-24-22(27)25-13-6-9-18(15-25)21(26)17-10-11-19(20(23)14-17)16-7-4-3-5-8-16/h3-5,7-8,10-11,14,18H,2,6,9,12-13,15H2,1H3,(H,24,27). The lowest BCUT2D eigenvalue weighted by atomic mass is 9.89. The lowest BCUT2D eigenvalue weighted by Gasteiger charge is -2.32. The molecule has 2 aromatic carbocycles. The summed E-state index contributed by atoms with van der Waals surface area (Å²) in [4.78, 5) is 26.7. The van der Waals surface area contributed by atoms with Crippen LogP contribution >= 0.6 is 0 Å². The summed E-state index contributed by atoms with van der Waals surface area (Å²) in [5.74, 6) is -0.782. The van der Waals surface area contributed by atoms with Crippen molar-refractivity contribution in [1.29, 1.82) is 0 Å². The highest BCUT2D eigenvalue weighted by molar-refractivity contribution is 5.98. The fourth-order valence-corrected chi connectivity index (χ4v) is 3.48. The molecule has 1 atom stereocenters. The second-order valence-electron chi connectivity index (χ2n) is 6.94. The number of hydrogen-bond acceptors (Lipinski definition) is 2. The van der Waals surface area contributed by atoms with E-state index >= 15 is 0 Å². The molecule has 1 saturated heterocycles. The van der Waals surface area contributed by atoms with Gasteiger partial charge in [0.15, 0.2) is 5.78 Å². The van der Waals surface area contributed by atoms with Gasteiger partial charge in [-0.25, -0.2) is 9.18 Å². The maximum atomic E-state index is 14.6. The van der Waals surface area contributed by atoms with Gasteiger partial charge in [0.05, 0.1) is 0 Å². The molecule has 5 heteroatoms. The van der Waals surface area contributed by atoms with E-state index in [1.54, 1.807) is 17.0 Å². The van der Waals surface area contributed by atoms with Gasteiger partial charge in [-0.1, -0.05) is 49.4 Å². The molecule has 0 bridgehead atoms. The quantitative estimate of drug-likeness (QED) is 0.790. The van der Waals surface area contributed by atoms with Gasteiger partial charge in [0, 0.05) is 36.7 Å². The van der Waals surface area contributed by atoms with Gasteiger partial charge in [-0.15, -0.1) is 0 Å². The number of urea groups is 1. The summed E-state index contributed by atoms with van der Waals surface area (Å²) in [5.41, 5.74) is 1.63. The number of carbonyl (C=O) groups excluding carboxylic acids is 2. The fourth-order valence-electron chi connectivity index (χ4n) is 3.48. The van der Waals surface area contributed by atoms with E-state index in [4.69, 9.17) is 0 Å². The minimum atomic E-state index is -0.402. The summed E-state index contributed by atoms with van der Waals surface area (Å²) in [5, 5.41) is 2.85. The van der Waals surface area contributed by atoms with E-state index in [9.17, 15) is 14.0 Å². The van der Waals surface area contributed by atoms with E-state index in [0.717, 1.165) is 24.8 Å². The molecule has 3 rings (SSSR count). The van der Waals surface area contributed by atoms with Crippen molar-refractivity contribution in [3.05, 3.63) is 59.9 Å². The SMILES string of the molecule is CCCNC(=O)N1CCCC(C(=O)c2ccc(-c3ccccc3)c(F)c2)C1. The van der Waals surface area contributed by atoms with Crippen LogP contribution < -0.4 is 5.32 Å². The Morgan fingerprint density at radius 2 is 1.96 bits per heavy atom. The van der Waals surface area contributed by atoms with Crippen LogP contribution in [-0.4, -0.2) is 36.3 Å². The van der Waals surface area contributed by atoms with Gasteiger partial charge in [-0.2, -0.15) is 0 Å². The van der Waals surface area contributed by atoms with E-state index < -0.39 is 5.82 Å². The van der Waals surface area contributed by atoms with E-state index in [0.29, 0.717) is 30.8 Å². The number of amides is 2.